The second-order valence-corrected chi connectivity index (χ2v) is 2.05. The molecule has 5 N–H and O–H groups in total. The lowest BCUT2D eigenvalue weighted by atomic mass is 10.1. The Labute approximate surface area is 62.2 Å². The molecule has 0 aliphatic heterocycles. The largest absolute Gasteiger partial charge is 0.480 e. The van der Waals surface area contributed by atoms with Gasteiger partial charge in [-0.25, -0.2) is 4.39 Å². The molecule has 0 saturated carbocycles. The third kappa shape index (κ3) is 3.51. The number of aliphatic carboxylic acids is 1. The van der Waals surface area contributed by atoms with Gasteiger partial charge in [-0.15, -0.1) is 0 Å². The number of halogens is 1. The van der Waals surface area contributed by atoms with Gasteiger partial charge < -0.3 is 16.6 Å². The van der Waals surface area contributed by atoms with Crippen molar-refractivity contribution in [2.45, 2.75) is 18.6 Å². The first-order chi connectivity index (χ1) is 4.95. The average Bonchev–Trinajstić information content (AvgIpc) is 1.87. The molecule has 0 fully saturated rings. The summed E-state index contributed by atoms with van der Waals surface area (Å²) < 4.78 is 12.3. The number of carbonyl (C=O) groups excluding carboxylic acids is 1. The van der Waals surface area contributed by atoms with Crippen molar-refractivity contribution < 1.29 is 19.1 Å². The highest BCUT2D eigenvalue weighted by molar-refractivity contribution is 5.80. The Balaban J connectivity index is 3.84. The molecule has 1 amide bonds. The van der Waals surface area contributed by atoms with Crippen LogP contribution in [-0.4, -0.2) is 29.2 Å². The Hall–Kier alpha value is -1.17. The molecule has 64 valence electrons. The van der Waals surface area contributed by atoms with E-state index in [1.54, 1.807) is 0 Å². The maximum atomic E-state index is 12.3. The quantitative estimate of drug-likeness (QED) is 0.474. The zero-order chi connectivity index (χ0) is 9.02. The second-order valence-electron chi connectivity index (χ2n) is 2.05. The summed E-state index contributed by atoms with van der Waals surface area (Å²) in [7, 11) is 0. The van der Waals surface area contributed by atoms with E-state index in [1.807, 2.05) is 0 Å². The fourth-order valence-electron chi connectivity index (χ4n) is 0.440. The van der Waals surface area contributed by atoms with Gasteiger partial charge in [-0.2, -0.15) is 0 Å². The highest BCUT2D eigenvalue weighted by Crippen LogP contribution is 1.99. The second kappa shape index (κ2) is 3.87. The standard InChI is InChI=1S/C5H9FN2O3/c6-2(4(8)9)1-3(7)5(10)11/h2-3H,1,7H2,(H2,8,9)(H,10,11)/t2-,3-/m1/s1/i6-1. The minimum Gasteiger partial charge on any atom is -0.480 e. The van der Waals surface area contributed by atoms with E-state index in [-0.39, 0.29) is 0 Å². The molecule has 11 heavy (non-hydrogen) atoms. The van der Waals surface area contributed by atoms with E-state index in [9.17, 15) is 14.0 Å². The lowest BCUT2D eigenvalue weighted by molar-refractivity contribution is -0.139. The number of carboxylic acids is 1. The lowest BCUT2D eigenvalue weighted by Crippen LogP contribution is -2.37. The Kier molecular flexibility index (Phi) is 3.46. The van der Waals surface area contributed by atoms with Gasteiger partial charge in [-0.3, -0.25) is 9.59 Å². The smallest absolute Gasteiger partial charge is 0.320 e. The van der Waals surface area contributed by atoms with E-state index in [2.05, 4.69) is 5.73 Å². The minimum absolute atomic E-state index is 0.579. The maximum absolute atomic E-state index is 12.3. The van der Waals surface area contributed by atoms with Crippen LogP contribution in [0.25, 0.3) is 0 Å². The number of hydrogen-bond donors (Lipinski definition) is 3. The molecular formula is C5H9FN2O3. The van der Waals surface area contributed by atoms with Gasteiger partial charge in [0.1, 0.15) is 6.04 Å². The van der Waals surface area contributed by atoms with Crippen LogP contribution in [0.2, 0.25) is 0 Å². The van der Waals surface area contributed by atoms with Crippen LogP contribution >= 0.6 is 0 Å². The van der Waals surface area contributed by atoms with Crippen molar-refractivity contribution in [2.75, 3.05) is 0 Å². The third-order valence-electron chi connectivity index (χ3n) is 1.09. The first-order valence-corrected chi connectivity index (χ1v) is 2.87. The number of nitrogens with two attached hydrogens (primary N) is 2. The van der Waals surface area contributed by atoms with Crippen molar-refractivity contribution in [3.05, 3.63) is 0 Å². The van der Waals surface area contributed by atoms with Crippen LogP contribution in [-0.2, 0) is 9.59 Å². The van der Waals surface area contributed by atoms with Gasteiger partial charge in [0, 0.05) is 6.42 Å². The molecule has 0 aromatic rings. The van der Waals surface area contributed by atoms with E-state index in [0.717, 1.165) is 0 Å². The number of primary amides is 1. The van der Waals surface area contributed by atoms with E-state index in [1.165, 1.54) is 0 Å². The van der Waals surface area contributed by atoms with Crippen molar-refractivity contribution in [3.63, 3.8) is 0 Å². The topological polar surface area (TPSA) is 106 Å². The van der Waals surface area contributed by atoms with Gasteiger partial charge in [-0.1, -0.05) is 0 Å². The van der Waals surface area contributed by atoms with Gasteiger partial charge in [0.2, 0.25) is 0 Å². The van der Waals surface area contributed by atoms with Crippen molar-refractivity contribution in [3.8, 4) is 0 Å². The van der Waals surface area contributed by atoms with Crippen LogP contribution < -0.4 is 11.5 Å². The predicted molar refractivity (Wildman–Crippen MR) is 34.3 cm³/mol. The molecule has 0 aliphatic carbocycles. The summed E-state index contributed by atoms with van der Waals surface area (Å²) in [4.78, 5) is 20.1. The number of carboxylic acid groups (broad SMARTS) is 1. The molecule has 0 unspecified atom stereocenters. The number of alkyl halides is 1. The lowest BCUT2D eigenvalue weighted by Gasteiger charge is -2.06. The van der Waals surface area contributed by atoms with E-state index < -0.39 is 30.5 Å². The Morgan fingerprint density at radius 3 is 2.27 bits per heavy atom. The monoisotopic (exact) mass is 163 g/mol. The van der Waals surface area contributed by atoms with Crippen LogP contribution in [0.3, 0.4) is 0 Å². The molecule has 0 bridgehead atoms. The van der Waals surface area contributed by atoms with Crippen molar-refractivity contribution in [2.24, 2.45) is 11.5 Å². The van der Waals surface area contributed by atoms with Crippen molar-refractivity contribution in [1.29, 1.82) is 0 Å². The molecule has 0 radical (unpaired) electrons. The Bertz CT molecular complexity index is 155. The molecule has 2 atom stereocenters. The summed E-state index contributed by atoms with van der Waals surface area (Å²) >= 11 is 0. The average molecular weight is 163 g/mol. The van der Waals surface area contributed by atoms with Gasteiger partial charge in [0.25, 0.3) is 5.91 Å². The number of hydrogen-bond acceptors (Lipinski definition) is 3. The number of carbonyl (C=O) groups is 2. The molecule has 0 rings (SSSR count). The van der Waals surface area contributed by atoms with Crippen molar-refractivity contribution >= 4 is 11.9 Å². The fraction of sp³-hybridized carbons (Fsp3) is 0.600. The molecule has 0 saturated heterocycles. The summed E-state index contributed by atoms with van der Waals surface area (Å²) in [5.41, 5.74) is 9.43. The van der Waals surface area contributed by atoms with Crippen molar-refractivity contribution in [1.82, 2.24) is 0 Å². The van der Waals surface area contributed by atoms with Crippen LogP contribution in [0.4, 0.5) is 4.39 Å². The molecule has 0 aromatic carbocycles. The molecule has 0 spiro atoms. The Morgan fingerprint density at radius 1 is 1.55 bits per heavy atom. The van der Waals surface area contributed by atoms with Crippen LogP contribution in [0.1, 0.15) is 6.42 Å². The summed E-state index contributed by atoms with van der Waals surface area (Å²) in [5, 5.41) is 8.17. The van der Waals surface area contributed by atoms with Gasteiger partial charge in [0.05, 0.1) is 0 Å². The van der Waals surface area contributed by atoms with Gasteiger partial charge in [0.15, 0.2) is 6.17 Å². The normalized spacial score (nSPS) is 15.5. The van der Waals surface area contributed by atoms with E-state index in [0.29, 0.717) is 0 Å². The van der Waals surface area contributed by atoms with Crippen LogP contribution in [0.5, 0.6) is 0 Å². The SMILES string of the molecule is NC(=O)[C@H]([18F])C[C@@H](N)C(=O)O. The highest BCUT2D eigenvalue weighted by atomic mass is 18.2. The van der Waals surface area contributed by atoms with Crippen LogP contribution in [0.15, 0.2) is 0 Å². The molecule has 0 aliphatic rings. The molecule has 0 aromatic heterocycles. The summed E-state index contributed by atoms with van der Waals surface area (Å²) in [6.45, 7) is 0. The van der Waals surface area contributed by atoms with Crippen LogP contribution in [0, 0.1) is 0 Å². The predicted octanol–water partition coefficient (Wildman–Crippen LogP) is -1.39. The summed E-state index contributed by atoms with van der Waals surface area (Å²) in [6, 6.07) is -1.38. The third-order valence-corrected chi connectivity index (χ3v) is 1.09. The number of rotatable bonds is 4. The minimum atomic E-state index is -1.99. The van der Waals surface area contributed by atoms with Gasteiger partial charge >= 0.3 is 5.97 Å². The van der Waals surface area contributed by atoms with E-state index in [4.69, 9.17) is 10.8 Å². The maximum Gasteiger partial charge on any atom is 0.320 e. The first-order valence-electron chi connectivity index (χ1n) is 2.87. The highest BCUT2D eigenvalue weighted by Gasteiger charge is 2.21. The summed E-state index contributed by atoms with van der Waals surface area (Å²) in [5.74, 6) is -2.55. The zero-order valence-electron chi connectivity index (χ0n) is 5.66. The molecule has 0 heterocycles. The van der Waals surface area contributed by atoms with Gasteiger partial charge in [-0.05, 0) is 0 Å². The molecule has 6 heteroatoms. The first kappa shape index (κ1) is 9.83. The molecule has 5 nitrogen and oxygen atoms in total. The van der Waals surface area contributed by atoms with E-state index >= 15 is 0 Å². The summed E-state index contributed by atoms with van der Waals surface area (Å²) in [6.07, 6.45) is -2.56. The number of amides is 1. The zero-order valence-corrected chi connectivity index (χ0v) is 5.66. The molecular weight excluding hydrogens is 154 g/mol. The fourth-order valence-corrected chi connectivity index (χ4v) is 0.440. The Morgan fingerprint density at radius 2 is 2.00 bits per heavy atom.